The molecule has 4 heterocycles. The van der Waals surface area contributed by atoms with Crippen molar-refractivity contribution >= 4 is 32.2 Å². The van der Waals surface area contributed by atoms with Crippen LogP contribution in [0.4, 0.5) is 24.0 Å². The van der Waals surface area contributed by atoms with Gasteiger partial charge in [-0.15, -0.1) is 0 Å². The molecule has 1 saturated carbocycles. The molecule has 32 heavy (non-hydrogen) atoms. The Balaban J connectivity index is 1.42. The van der Waals surface area contributed by atoms with Crippen LogP contribution in [0.1, 0.15) is 44.1 Å². The maximum atomic E-state index is 13.2. The van der Waals surface area contributed by atoms with Crippen LogP contribution in [0.15, 0.2) is 16.9 Å². The fraction of sp³-hybridized carbons (Fsp3) is 0.619. The van der Waals surface area contributed by atoms with Crippen molar-refractivity contribution in [3.63, 3.8) is 0 Å². The highest BCUT2D eigenvalue weighted by molar-refractivity contribution is 7.22. The zero-order valence-electron chi connectivity index (χ0n) is 17.3. The van der Waals surface area contributed by atoms with Gasteiger partial charge in [0.2, 0.25) is 0 Å². The molecule has 4 aliphatic rings. The van der Waals surface area contributed by atoms with Gasteiger partial charge in [0.05, 0.1) is 15.9 Å². The second-order valence-electron chi connectivity index (χ2n) is 9.08. The minimum absolute atomic E-state index is 0.0590. The van der Waals surface area contributed by atoms with Crippen molar-refractivity contribution < 1.29 is 18.1 Å². The summed E-state index contributed by atoms with van der Waals surface area (Å²) in [5.74, 6) is 0.737. The molecule has 3 saturated heterocycles. The van der Waals surface area contributed by atoms with Crippen LogP contribution in [0, 0.1) is 16.0 Å². The lowest BCUT2D eigenvalue weighted by Gasteiger charge is -2.57. The third-order valence-corrected chi connectivity index (χ3v) is 8.19. The van der Waals surface area contributed by atoms with Gasteiger partial charge < -0.3 is 4.90 Å². The van der Waals surface area contributed by atoms with E-state index in [9.17, 15) is 28.1 Å². The average molecular weight is 469 g/mol. The first-order valence-corrected chi connectivity index (χ1v) is 11.7. The van der Waals surface area contributed by atoms with E-state index in [-0.39, 0.29) is 10.1 Å². The second-order valence-corrected chi connectivity index (χ2v) is 10.1. The summed E-state index contributed by atoms with van der Waals surface area (Å²) >= 11 is 0.929. The van der Waals surface area contributed by atoms with Gasteiger partial charge in [0, 0.05) is 37.8 Å². The number of benzene rings is 1. The van der Waals surface area contributed by atoms with E-state index in [1.807, 2.05) is 4.90 Å². The van der Waals surface area contributed by atoms with Crippen LogP contribution in [0.3, 0.4) is 0 Å². The first-order valence-electron chi connectivity index (χ1n) is 10.9. The van der Waals surface area contributed by atoms with Crippen LogP contribution in [-0.2, 0) is 6.18 Å². The van der Waals surface area contributed by atoms with E-state index < -0.39 is 27.9 Å². The van der Waals surface area contributed by atoms with Crippen molar-refractivity contribution in [3.05, 3.63) is 38.2 Å². The van der Waals surface area contributed by atoms with Gasteiger partial charge in [-0.1, -0.05) is 30.6 Å². The number of alkyl halides is 3. The predicted molar refractivity (Wildman–Crippen MR) is 115 cm³/mol. The Morgan fingerprint density at radius 1 is 1.16 bits per heavy atom. The molecule has 4 fully saturated rings. The topological polar surface area (TPSA) is 79.6 Å². The third-order valence-electron chi connectivity index (χ3n) is 7.02. The van der Waals surface area contributed by atoms with Gasteiger partial charge in [-0.2, -0.15) is 18.2 Å². The first-order chi connectivity index (χ1) is 15.2. The van der Waals surface area contributed by atoms with E-state index in [4.69, 9.17) is 0 Å². The largest absolute Gasteiger partial charge is 0.416 e. The van der Waals surface area contributed by atoms with Crippen molar-refractivity contribution in [1.82, 2.24) is 9.88 Å². The third kappa shape index (κ3) is 3.85. The summed E-state index contributed by atoms with van der Waals surface area (Å²) in [6.07, 6.45) is 2.76. The highest BCUT2D eigenvalue weighted by Gasteiger charge is 2.46. The molecule has 3 aliphatic heterocycles. The molecule has 0 unspecified atom stereocenters. The molecule has 1 aliphatic carbocycles. The van der Waals surface area contributed by atoms with E-state index in [1.165, 1.54) is 32.1 Å². The SMILES string of the molecule is O=c1nc(N2C[C@H]3C[C@@H](C2)N3CC2CCCCC2)sc2c([N+](=O)[O-])cc(C(F)(F)F)cc12. The average Bonchev–Trinajstić information content (AvgIpc) is 2.76. The predicted octanol–water partition coefficient (Wildman–Crippen LogP) is 4.43. The molecule has 2 atom stereocenters. The number of anilines is 1. The molecular formula is C21H23F3N4O3S. The zero-order valence-corrected chi connectivity index (χ0v) is 18.1. The van der Waals surface area contributed by atoms with Gasteiger partial charge in [-0.25, -0.2) is 0 Å². The highest BCUT2D eigenvalue weighted by Crippen LogP contribution is 2.41. The van der Waals surface area contributed by atoms with Crippen LogP contribution in [-0.4, -0.2) is 46.5 Å². The number of halogens is 3. The van der Waals surface area contributed by atoms with Crippen LogP contribution < -0.4 is 10.5 Å². The number of piperazine rings is 1. The number of nitrogens with zero attached hydrogens (tertiary/aromatic N) is 4. The maximum absolute atomic E-state index is 13.2. The van der Waals surface area contributed by atoms with Gasteiger partial charge >= 0.3 is 6.18 Å². The summed E-state index contributed by atoms with van der Waals surface area (Å²) < 4.78 is 39.4. The molecule has 11 heteroatoms. The fourth-order valence-corrected chi connectivity index (χ4v) is 6.47. The van der Waals surface area contributed by atoms with Gasteiger partial charge in [0.25, 0.3) is 11.2 Å². The number of rotatable bonds is 4. The number of nitro benzene ring substituents is 1. The summed E-state index contributed by atoms with van der Waals surface area (Å²) in [6, 6.07) is 1.88. The Morgan fingerprint density at radius 2 is 1.84 bits per heavy atom. The fourth-order valence-electron chi connectivity index (χ4n) is 5.38. The normalized spacial score (nSPS) is 24.5. The lowest BCUT2D eigenvalue weighted by molar-refractivity contribution is -0.383. The van der Waals surface area contributed by atoms with E-state index in [0.29, 0.717) is 42.4 Å². The molecule has 0 radical (unpaired) electrons. The van der Waals surface area contributed by atoms with Crippen LogP contribution in [0.5, 0.6) is 0 Å². The summed E-state index contributed by atoms with van der Waals surface area (Å²) in [6.45, 7) is 2.44. The minimum Gasteiger partial charge on any atom is -0.345 e. The number of non-ortho nitro benzene ring substituents is 1. The molecule has 1 aromatic heterocycles. The summed E-state index contributed by atoms with van der Waals surface area (Å²) in [4.78, 5) is 31.7. The van der Waals surface area contributed by atoms with E-state index in [0.717, 1.165) is 30.2 Å². The summed E-state index contributed by atoms with van der Waals surface area (Å²) in [5, 5.41) is 11.5. The standard InChI is InChI=1S/C21H23F3N4O3S/c22-21(23,24)13-6-16-18(17(7-13)28(30)31)32-20(25-19(16)29)26-10-14-8-15(11-26)27(14)9-12-4-2-1-3-5-12/h6-7,12,14-15H,1-5,8-11H2/t14-,15+. The number of piperidine rings is 1. The number of hydrogen-bond donors (Lipinski definition) is 0. The molecular weight excluding hydrogens is 445 g/mol. The number of nitro groups is 1. The van der Waals surface area contributed by atoms with E-state index in [1.54, 1.807) is 0 Å². The van der Waals surface area contributed by atoms with Gasteiger partial charge in [-0.05, 0) is 31.2 Å². The number of hydrogen-bond acceptors (Lipinski definition) is 7. The lowest BCUT2D eigenvalue weighted by Crippen LogP contribution is -2.69. The first kappa shape index (κ1) is 21.6. The zero-order chi connectivity index (χ0) is 22.6. The number of fused-ring (bicyclic) bond motifs is 3. The molecule has 0 amide bonds. The van der Waals surface area contributed by atoms with Crippen LogP contribution >= 0.6 is 11.3 Å². The Kier molecular flexibility index (Phi) is 5.36. The molecule has 1 aromatic carbocycles. The molecule has 6 rings (SSSR count). The van der Waals surface area contributed by atoms with Gasteiger partial charge in [0.1, 0.15) is 4.70 Å². The van der Waals surface area contributed by atoms with Crippen molar-refractivity contribution in [1.29, 1.82) is 0 Å². The smallest absolute Gasteiger partial charge is 0.345 e. The highest BCUT2D eigenvalue weighted by atomic mass is 32.1. The number of aromatic nitrogens is 1. The van der Waals surface area contributed by atoms with Gasteiger partial charge in [-0.3, -0.25) is 19.8 Å². The van der Waals surface area contributed by atoms with Crippen molar-refractivity contribution in [3.8, 4) is 0 Å². The van der Waals surface area contributed by atoms with Crippen LogP contribution in [0.2, 0.25) is 0 Å². The van der Waals surface area contributed by atoms with Crippen molar-refractivity contribution in [2.45, 2.75) is 56.8 Å². The Morgan fingerprint density at radius 3 is 2.47 bits per heavy atom. The molecule has 0 N–H and O–H groups in total. The maximum Gasteiger partial charge on any atom is 0.416 e. The van der Waals surface area contributed by atoms with Crippen LogP contribution in [0.25, 0.3) is 10.1 Å². The minimum atomic E-state index is -4.79. The molecule has 7 nitrogen and oxygen atoms in total. The van der Waals surface area contributed by atoms with Gasteiger partial charge in [0.15, 0.2) is 5.13 Å². The summed E-state index contributed by atoms with van der Waals surface area (Å²) in [7, 11) is 0. The molecule has 2 bridgehead atoms. The molecule has 0 spiro atoms. The Hall–Kier alpha value is -2.27. The summed E-state index contributed by atoms with van der Waals surface area (Å²) in [5.41, 5.74) is -2.78. The Labute approximate surface area is 186 Å². The quantitative estimate of drug-likeness (QED) is 0.488. The lowest BCUT2D eigenvalue weighted by atomic mass is 9.83. The van der Waals surface area contributed by atoms with E-state index in [2.05, 4.69) is 9.88 Å². The Bertz CT molecular complexity index is 1100. The van der Waals surface area contributed by atoms with Crippen molar-refractivity contribution in [2.75, 3.05) is 24.5 Å². The second kappa shape index (κ2) is 7.95. The van der Waals surface area contributed by atoms with E-state index >= 15 is 0 Å². The molecule has 2 aromatic rings. The molecule has 172 valence electrons. The van der Waals surface area contributed by atoms with Crippen molar-refractivity contribution in [2.24, 2.45) is 5.92 Å². The monoisotopic (exact) mass is 468 g/mol.